The molecule has 0 aromatic heterocycles. The number of carbonyl (C=O) groups excluding carboxylic acids is 1. The third-order valence-corrected chi connectivity index (χ3v) is 5.13. The summed E-state index contributed by atoms with van der Waals surface area (Å²) >= 11 is 0. The average molecular weight is 346 g/mol. The molecule has 0 bridgehead atoms. The van der Waals surface area contributed by atoms with Gasteiger partial charge in [0.05, 0.1) is 0 Å². The van der Waals surface area contributed by atoms with E-state index in [1.807, 2.05) is 29.2 Å². The van der Waals surface area contributed by atoms with Gasteiger partial charge in [0, 0.05) is 33.1 Å². The Hall–Kier alpha value is -3.01. The molecular weight excluding hydrogens is 324 g/mol. The second kappa shape index (κ2) is 6.37. The minimum absolute atomic E-state index is 0.00809. The number of aromatic hydroxyl groups is 1. The molecule has 0 saturated heterocycles. The van der Waals surface area contributed by atoms with Crippen LogP contribution in [-0.4, -0.2) is 41.6 Å². The van der Waals surface area contributed by atoms with Crippen LogP contribution >= 0.6 is 0 Å². The van der Waals surface area contributed by atoms with Gasteiger partial charge in [-0.1, -0.05) is 48.5 Å². The van der Waals surface area contributed by atoms with Crippen molar-refractivity contribution in [2.75, 3.05) is 20.6 Å². The van der Waals surface area contributed by atoms with Crippen molar-refractivity contribution in [1.29, 1.82) is 0 Å². The Bertz CT molecular complexity index is 981. The van der Waals surface area contributed by atoms with Gasteiger partial charge in [0.2, 0.25) is 0 Å². The molecular formula is C22H22N2O2. The smallest absolute Gasteiger partial charge is 0.319 e. The summed E-state index contributed by atoms with van der Waals surface area (Å²) < 4.78 is 0. The topological polar surface area (TPSA) is 43.8 Å². The minimum Gasteiger partial charge on any atom is -0.508 e. The van der Waals surface area contributed by atoms with Crippen molar-refractivity contribution < 1.29 is 9.90 Å². The molecule has 4 rings (SSSR count). The van der Waals surface area contributed by atoms with E-state index in [0.29, 0.717) is 13.1 Å². The summed E-state index contributed by atoms with van der Waals surface area (Å²) in [5.41, 5.74) is 3.45. The zero-order valence-electron chi connectivity index (χ0n) is 15.0. The molecule has 0 fully saturated rings. The van der Waals surface area contributed by atoms with Gasteiger partial charge in [-0.15, -0.1) is 0 Å². The first-order valence-corrected chi connectivity index (χ1v) is 8.80. The normalized spacial score (nSPS) is 16.4. The van der Waals surface area contributed by atoms with Crippen LogP contribution < -0.4 is 0 Å². The fraction of sp³-hybridized carbons (Fsp3) is 0.227. The Morgan fingerprint density at radius 2 is 1.88 bits per heavy atom. The first kappa shape index (κ1) is 16.5. The zero-order valence-corrected chi connectivity index (χ0v) is 15.0. The number of carbonyl (C=O) groups is 1. The summed E-state index contributed by atoms with van der Waals surface area (Å²) in [5, 5.41) is 12.3. The molecule has 0 radical (unpaired) electrons. The largest absolute Gasteiger partial charge is 0.508 e. The summed E-state index contributed by atoms with van der Waals surface area (Å²) in [7, 11) is 3.56. The quantitative estimate of drug-likeness (QED) is 0.718. The van der Waals surface area contributed by atoms with Gasteiger partial charge in [0.25, 0.3) is 0 Å². The number of phenolic OH excluding ortho intramolecular Hbond substituents is 1. The highest BCUT2D eigenvalue weighted by molar-refractivity contribution is 5.88. The number of hydrogen-bond acceptors (Lipinski definition) is 2. The molecule has 1 aliphatic heterocycles. The molecule has 132 valence electrons. The molecule has 0 saturated carbocycles. The lowest BCUT2D eigenvalue weighted by molar-refractivity contribution is 0.163. The SMILES string of the molecule is CN(C)C(=O)N1Cc2c(ccc3ccccc23)C(c2cccc(O)c2)C1. The van der Waals surface area contributed by atoms with Crippen LogP contribution in [0.4, 0.5) is 4.79 Å². The maximum Gasteiger partial charge on any atom is 0.319 e. The van der Waals surface area contributed by atoms with E-state index in [-0.39, 0.29) is 17.7 Å². The van der Waals surface area contributed by atoms with Crippen LogP contribution in [0.15, 0.2) is 60.7 Å². The van der Waals surface area contributed by atoms with Crippen LogP contribution in [0.1, 0.15) is 22.6 Å². The van der Waals surface area contributed by atoms with Gasteiger partial charge in [0.15, 0.2) is 0 Å². The van der Waals surface area contributed by atoms with Gasteiger partial charge in [-0.3, -0.25) is 0 Å². The van der Waals surface area contributed by atoms with E-state index in [9.17, 15) is 9.90 Å². The molecule has 4 heteroatoms. The monoisotopic (exact) mass is 346 g/mol. The molecule has 1 heterocycles. The van der Waals surface area contributed by atoms with Crippen LogP contribution in [0.2, 0.25) is 0 Å². The van der Waals surface area contributed by atoms with E-state index in [1.54, 1.807) is 31.1 Å². The predicted molar refractivity (Wildman–Crippen MR) is 103 cm³/mol. The summed E-state index contributed by atoms with van der Waals surface area (Å²) in [5.74, 6) is 0.292. The molecule has 2 amide bonds. The van der Waals surface area contributed by atoms with E-state index in [1.165, 1.54) is 21.9 Å². The summed E-state index contributed by atoms with van der Waals surface area (Å²) in [6.07, 6.45) is 0. The van der Waals surface area contributed by atoms with E-state index in [4.69, 9.17) is 0 Å². The van der Waals surface area contributed by atoms with Crippen molar-refractivity contribution in [3.8, 4) is 5.75 Å². The lowest BCUT2D eigenvalue weighted by atomic mass is 9.82. The number of benzene rings is 3. The van der Waals surface area contributed by atoms with Crippen molar-refractivity contribution >= 4 is 16.8 Å². The average Bonchev–Trinajstić information content (AvgIpc) is 2.66. The van der Waals surface area contributed by atoms with E-state index in [0.717, 1.165) is 5.56 Å². The molecule has 0 spiro atoms. The van der Waals surface area contributed by atoms with Gasteiger partial charge in [0.1, 0.15) is 5.75 Å². The second-order valence-corrected chi connectivity index (χ2v) is 7.06. The molecule has 3 aromatic rings. The fourth-order valence-electron chi connectivity index (χ4n) is 3.88. The van der Waals surface area contributed by atoms with Crippen LogP contribution in [0.25, 0.3) is 10.8 Å². The molecule has 26 heavy (non-hydrogen) atoms. The third kappa shape index (κ3) is 2.77. The van der Waals surface area contributed by atoms with Crippen LogP contribution in [0.3, 0.4) is 0 Å². The second-order valence-electron chi connectivity index (χ2n) is 7.06. The first-order chi connectivity index (χ1) is 12.5. The molecule has 3 aromatic carbocycles. The van der Waals surface area contributed by atoms with E-state index in [2.05, 4.69) is 24.3 Å². The number of hydrogen-bond donors (Lipinski definition) is 1. The van der Waals surface area contributed by atoms with Crippen molar-refractivity contribution in [1.82, 2.24) is 9.80 Å². The Labute approximate surface area is 153 Å². The predicted octanol–water partition coefficient (Wildman–Crippen LogP) is 4.17. The standard InChI is InChI=1S/C22H22N2O2/c1-23(2)22(26)24-13-20(16-7-5-8-17(25)12-16)19-11-10-15-6-3-4-9-18(15)21(19)14-24/h3-12,20,25H,13-14H2,1-2H3. The number of phenols is 1. The summed E-state index contributed by atoms with van der Waals surface area (Å²) in [6.45, 7) is 1.20. The van der Waals surface area contributed by atoms with Crippen molar-refractivity contribution in [3.05, 3.63) is 77.4 Å². The van der Waals surface area contributed by atoms with Crippen LogP contribution in [0, 0.1) is 0 Å². The highest BCUT2D eigenvalue weighted by atomic mass is 16.3. The van der Waals surface area contributed by atoms with E-state index < -0.39 is 0 Å². The Morgan fingerprint density at radius 1 is 1.08 bits per heavy atom. The fourth-order valence-corrected chi connectivity index (χ4v) is 3.88. The number of urea groups is 1. The zero-order chi connectivity index (χ0) is 18.3. The number of nitrogens with zero attached hydrogens (tertiary/aromatic N) is 2. The molecule has 1 atom stereocenters. The maximum atomic E-state index is 12.7. The molecule has 0 aliphatic carbocycles. The van der Waals surface area contributed by atoms with Gasteiger partial charge in [-0.05, 0) is 39.6 Å². The summed E-state index contributed by atoms with van der Waals surface area (Å²) in [6, 6.07) is 20.0. The minimum atomic E-state index is 0.00809. The number of rotatable bonds is 1. The molecule has 1 aliphatic rings. The van der Waals surface area contributed by atoms with Gasteiger partial charge in [-0.25, -0.2) is 4.79 Å². The van der Waals surface area contributed by atoms with E-state index >= 15 is 0 Å². The Morgan fingerprint density at radius 3 is 2.65 bits per heavy atom. The Kier molecular flexibility index (Phi) is 4.03. The van der Waals surface area contributed by atoms with Gasteiger partial charge < -0.3 is 14.9 Å². The number of amides is 2. The van der Waals surface area contributed by atoms with Crippen LogP contribution in [0.5, 0.6) is 5.75 Å². The summed E-state index contributed by atoms with van der Waals surface area (Å²) in [4.78, 5) is 16.2. The van der Waals surface area contributed by atoms with Gasteiger partial charge >= 0.3 is 6.03 Å². The molecule has 4 nitrogen and oxygen atoms in total. The first-order valence-electron chi connectivity index (χ1n) is 8.80. The molecule has 1 unspecified atom stereocenters. The van der Waals surface area contributed by atoms with Crippen LogP contribution in [-0.2, 0) is 6.54 Å². The molecule has 1 N–H and O–H groups in total. The Balaban J connectivity index is 1.89. The lowest BCUT2D eigenvalue weighted by Crippen LogP contribution is -2.43. The third-order valence-electron chi connectivity index (χ3n) is 5.13. The highest BCUT2D eigenvalue weighted by Crippen LogP contribution is 2.38. The number of fused-ring (bicyclic) bond motifs is 3. The lowest BCUT2D eigenvalue weighted by Gasteiger charge is -2.37. The highest BCUT2D eigenvalue weighted by Gasteiger charge is 2.31. The van der Waals surface area contributed by atoms with Crippen molar-refractivity contribution in [3.63, 3.8) is 0 Å². The van der Waals surface area contributed by atoms with Crippen molar-refractivity contribution in [2.24, 2.45) is 0 Å². The van der Waals surface area contributed by atoms with Gasteiger partial charge in [-0.2, -0.15) is 0 Å². The maximum absolute atomic E-state index is 12.7. The van der Waals surface area contributed by atoms with Crippen molar-refractivity contribution in [2.45, 2.75) is 12.5 Å².